The van der Waals surface area contributed by atoms with E-state index in [9.17, 15) is 13.2 Å². The fourth-order valence-corrected chi connectivity index (χ4v) is 3.48. The SMILES string of the molecule is CCC(C)N(Cc1ccccc1)C(=O)c1cccc(CS(C)(=O)=O)c1. The van der Waals surface area contributed by atoms with E-state index in [1.807, 2.05) is 42.2 Å². The van der Waals surface area contributed by atoms with Gasteiger partial charge in [0.05, 0.1) is 5.75 Å². The van der Waals surface area contributed by atoms with Crippen molar-refractivity contribution in [2.24, 2.45) is 0 Å². The Balaban J connectivity index is 2.28. The van der Waals surface area contributed by atoms with E-state index in [0.717, 1.165) is 12.0 Å². The smallest absolute Gasteiger partial charge is 0.254 e. The Morgan fingerprint density at radius 2 is 1.68 bits per heavy atom. The van der Waals surface area contributed by atoms with Crippen LogP contribution in [0.1, 0.15) is 41.8 Å². The van der Waals surface area contributed by atoms with Crippen LogP contribution in [0.4, 0.5) is 0 Å². The topological polar surface area (TPSA) is 54.5 Å². The molecule has 0 aliphatic carbocycles. The summed E-state index contributed by atoms with van der Waals surface area (Å²) in [6.45, 7) is 4.61. The molecule has 1 atom stereocenters. The van der Waals surface area contributed by atoms with E-state index in [2.05, 4.69) is 6.92 Å². The van der Waals surface area contributed by atoms with Gasteiger partial charge >= 0.3 is 0 Å². The van der Waals surface area contributed by atoms with Crippen LogP contribution >= 0.6 is 0 Å². The molecule has 5 heteroatoms. The summed E-state index contributed by atoms with van der Waals surface area (Å²) in [5, 5.41) is 0. The van der Waals surface area contributed by atoms with E-state index in [0.29, 0.717) is 17.7 Å². The molecule has 0 saturated carbocycles. The molecule has 2 rings (SSSR count). The van der Waals surface area contributed by atoms with E-state index < -0.39 is 9.84 Å². The van der Waals surface area contributed by atoms with Gasteiger partial charge in [0.15, 0.2) is 9.84 Å². The van der Waals surface area contributed by atoms with Gasteiger partial charge in [-0.25, -0.2) is 8.42 Å². The molecule has 0 fully saturated rings. The highest BCUT2D eigenvalue weighted by Gasteiger charge is 2.21. The van der Waals surface area contributed by atoms with Crippen molar-refractivity contribution < 1.29 is 13.2 Å². The molecule has 0 saturated heterocycles. The summed E-state index contributed by atoms with van der Waals surface area (Å²) in [6, 6.07) is 16.9. The van der Waals surface area contributed by atoms with Gasteiger partial charge in [-0.1, -0.05) is 49.4 Å². The van der Waals surface area contributed by atoms with Gasteiger partial charge in [0.25, 0.3) is 5.91 Å². The van der Waals surface area contributed by atoms with Crippen LogP contribution in [0.3, 0.4) is 0 Å². The standard InChI is InChI=1S/C20H25NO3S/c1-4-16(2)21(14-17-9-6-5-7-10-17)20(22)19-12-8-11-18(13-19)15-25(3,23)24/h5-13,16H,4,14-15H2,1-3H3. The van der Waals surface area contributed by atoms with Crippen LogP contribution in [0.5, 0.6) is 0 Å². The van der Waals surface area contributed by atoms with Crippen molar-refractivity contribution >= 4 is 15.7 Å². The zero-order valence-electron chi connectivity index (χ0n) is 15.0. The van der Waals surface area contributed by atoms with Gasteiger partial charge in [-0.05, 0) is 36.6 Å². The molecule has 0 radical (unpaired) electrons. The highest BCUT2D eigenvalue weighted by atomic mass is 32.2. The summed E-state index contributed by atoms with van der Waals surface area (Å²) >= 11 is 0. The number of amides is 1. The number of benzene rings is 2. The van der Waals surface area contributed by atoms with Crippen molar-refractivity contribution in [1.82, 2.24) is 4.90 Å². The highest BCUT2D eigenvalue weighted by molar-refractivity contribution is 7.89. The maximum absolute atomic E-state index is 13.0. The third-order valence-electron chi connectivity index (χ3n) is 4.18. The number of carbonyl (C=O) groups is 1. The zero-order chi connectivity index (χ0) is 18.4. The van der Waals surface area contributed by atoms with Gasteiger partial charge in [-0.3, -0.25) is 4.79 Å². The van der Waals surface area contributed by atoms with Crippen LogP contribution < -0.4 is 0 Å². The van der Waals surface area contributed by atoms with E-state index in [1.54, 1.807) is 24.3 Å². The van der Waals surface area contributed by atoms with E-state index >= 15 is 0 Å². The van der Waals surface area contributed by atoms with Gasteiger partial charge in [0.1, 0.15) is 0 Å². The Bertz CT molecular complexity index is 816. The third-order valence-corrected chi connectivity index (χ3v) is 5.04. The van der Waals surface area contributed by atoms with Gasteiger partial charge in [0, 0.05) is 24.4 Å². The van der Waals surface area contributed by atoms with Gasteiger partial charge in [-0.2, -0.15) is 0 Å². The predicted octanol–water partition coefficient (Wildman–Crippen LogP) is 3.67. The summed E-state index contributed by atoms with van der Waals surface area (Å²) < 4.78 is 23.0. The number of rotatable bonds is 7. The molecule has 134 valence electrons. The first-order valence-electron chi connectivity index (χ1n) is 8.41. The lowest BCUT2D eigenvalue weighted by molar-refractivity contribution is 0.0671. The lowest BCUT2D eigenvalue weighted by Crippen LogP contribution is -2.37. The number of sulfone groups is 1. The Labute approximate surface area is 150 Å². The van der Waals surface area contributed by atoms with Crippen LogP contribution in [-0.2, 0) is 22.1 Å². The average molecular weight is 359 g/mol. The molecular weight excluding hydrogens is 334 g/mol. The lowest BCUT2D eigenvalue weighted by atomic mass is 10.1. The summed E-state index contributed by atoms with van der Waals surface area (Å²) in [5.74, 6) is -0.135. The second-order valence-electron chi connectivity index (χ2n) is 6.45. The fraction of sp³-hybridized carbons (Fsp3) is 0.350. The van der Waals surface area contributed by atoms with E-state index in [-0.39, 0.29) is 17.7 Å². The average Bonchev–Trinajstić information content (AvgIpc) is 2.58. The molecular formula is C20H25NO3S. The predicted molar refractivity (Wildman–Crippen MR) is 101 cm³/mol. The minimum Gasteiger partial charge on any atom is -0.332 e. The molecule has 25 heavy (non-hydrogen) atoms. The van der Waals surface area contributed by atoms with Crippen molar-refractivity contribution in [2.75, 3.05) is 6.26 Å². The minimum absolute atomic E-state index is 0.0594. The second kappa shape index (κ2) is 8.30. The Kier molecular flexibility index (Phi) is 6.37. The summed E-state index contributed by atoms with van der Waals surface area (Å²) in [7, 11) is -3.13. The third kappa shape index (κ3) is 5.71. The maximum Gasteiger partial charge on any atom is 0.254 e. The van der Waals surface area contributed by atoms with Crippen LogP contribution in [0.2, 0.25) is 0 Å². The first kappa shape index (κ1) is 19.2. The highest BCUT2D eigenvalue weighted by Crippen LogP contribution is 2.17. The van der Waals surface area contributed by atoms with E-state index in [4.69, 9.17) is 0 Å². The lowest BCUT2D eigenvalue weighted by Gasteiger charge is -2.29. The summed E-state index contributed by atoms with van der Waals surface area (Å²) in [6.07, 6.45) is 2.05. The van der Waals surface area contributed by atoms with Crippen LogP contribution in [0, 0.1) is 0 Å². The van der Waals surface area contributed by atoms with Crippen LogP contribution in [0.25, 0.3) is 0 Å². The molecule has 0 aromatic heterocycles. The largest absolute Gasteiger partial charge is 0.332 e. The fourth-order valence-electron chi connectivity index (χ4n) is 2.69. The minimum atomic E-state index is -3.13. The molecule has 1 unspecified atom stereocenters. The van der Waals surface area contributed by atoms with Crippen molar-refractivity contribution in [2.45, 2.75) is 38.6 Å². The number of hydrogen-bond acceptors (Lipinski definition) is 3. The Hall–Kier alpha value is -2.14. The van der Waals surface area contributed by atoms with Gasteiger partial charge in [0.2, 0.25) is 0 Å². The van der Waals surface area contributed by atoms with Crippen molar-refractivity contribution in [1.29, 1.82) is 0 Å². The van der Waals surface area contributed by atoms with E-state index in [1.165, 1.54) is 6.26 Å². The number of nitrogens with zero attached hydrogens (tertiary/aromatic N) is 1. The molecule has 4 nitrogen and oxygen atoms in total. The Morgan fingerprint density at radius 3 is 2.28 bits per heavy atom. The maximum atomic E-state index is 13.0. The normalized spacial score (nSPS) is 12.6. The van der Waals surface area contributed by atoms with Crippen molar-refractivity contribution in [3.8, 4) is 0 Å². The van der Waals surface area contributed by atoms with Crippen molar-refractivity contribution in [3.63, 3.8) is 0 Å². The van der Waals surface area contributed by atoms with Crippen LogP contribution in [0.15, 0.2) is 54.6 Å². The molecule has 0 bridgehead atoms. The van der Waals surface area contributed by atoms with Crippen LogP contribution in [-0.4, -0.2) is 31.5 Å². The molecule has 0 aliphatic rings. The molecule has 0 N–H and O–H groups in total. The van der Waals surface area contributed by atoms with Gasteiger partial charge in [-0.15, -0.1) is 0 Å². The molecule has 2 aromatic rings. The second-order valence-corrected chi connectivity index (χ2v) is 8.59. The van der Waals surface area contributed by atoms with Crippen molar-refractivity contribution in [3.05, 3.63) is 71.3 Å². The zero-order valence-corrected chi connectivity index (χ0v) is 15.8. The first-order valence-corrected chi connectivity index (χ1v) is 10.5. The molecule has 0 aliphatic heterocycles. The number of hydrogen-bond donors (Lipinski definition) is 0. The summed E-state index contributed by atoms with van der Waals surface area (Å²) in [4.78, 5) is 14.9. The molecule has 2 aromatic carbocycles. The van der Waals surface area contributed by atoms with Gasteiger partial charge < -0.3 is 4.90 Å². The quantitative estimate of drug-likeness (QED) is 0.758. The monoisotopic (exact) mass is 359 g/mol. The first-order chi connectivity index (χ1) is 11.8. The summed E-state index contributed by atoms with van der Waals surface area (Å²) in [5.41, 5.74) is 2.23. The molecule has 0 heterocycles. The number of carbonyl (C=O) groups excluding carboxylic acids is 1. The molecule has 0 spiro atoms. The Morgan fingerprint density at radius 1 is 1.04 bits per heavy atom. The molecule has 1 amide bonds.